The number of quaternary nitrogens is 1. The van der Waals surface area contributed by atoms with E-state index in [1.54, 1.807) is 24.0 Å². The van der Waals surface area contributed by atoms with Gasteiger partial charge in [0.15, 0.2) is 5.69 Å². The molecule has 1 aliphatic rings. The minimum Gasteiger partial charge on any atom is -0.595 e. The van der Waals surface area contributed by atoms with Gasteiger partial charge in [-0.2, -0.15) is 5.23 Å². The first-order valence-corrected chi connectivity index (χ1v) is 10.7. The number of rotatable bonds is 4. The minimum atomic E-state index is -1.03. The Kier molecular flexibility index (Phi) is 6.26. The highest BCUT2D eigenvalue weighted by molar-refractivity contribution is 9.10. The number of carbonyl (C=O) groups is 1. The van der Waals surface area contributed by atoms with Crippen LogP contribution in [0.15, 0.2) is 45.5 Å². The van der Waals surface area contributed by atoms with Crippen molar-refractivity contribution >= 4 is 44.9 Å². The Labute approximate surface area is 191 Å². The van der Waals surface area contributed by atoms with Crippen molar-refractivity contribution in [2.45, 2.75) is 6.92 Å². The molecule has 1 fully saturated rings. The van der Waals surface area contributed by atoms with E-state index < -0.39 is 5.23 Å². The second-order valence-corrected chi connectivity index (χ2v) is 8.32. The van der Waals surface area contributed by atoms with Crippen molar-refractivity contribution in [3.8, 4) is 11.3 Å². The molecular weight excluding hydrogens is 490 g/mol. The molecule has 2 aromatic heterocycles. The van der Waals surface area contributed by atoms with Crippen LogP contribution in [0.25, 0.3) is 11.3 Å². The Balaban J connectivity index is 1.51. The first kappa shape index (κ1) is 21.7. The quantitative estimate of drug-likeness (QED) is 0.522. The van der Waals surface area contributed by atoms with E-state index in [1.807, 2.05) is 17.0 Å². The number of carbonyl (C=O) groups excluding carboxylic acids is 1. The average molecular weight is 509 g/mol. The topological polar surface area (TPSA) is 110 Å². The Morgan fingerprint density at radius 3 is 2.65 bits per heavy atom. The number of piperazine rings is 1. The smallest absolute Gasteiger partial charge is 0.259 e. The largest absolute Gasteiger partial charge is 0.595 e. The lowest BCUT2D eigenvalue weighted by atomic mass is 10.0. The van der Waals surface area contributed by atoms with Gasteiger partial charge in [0.1, 0.15) is 22.8 Å². The highest BCUT2D eigenvalue weighted by atomic mass is 79.9. The zero-order valence-corrected chi connectivity index (χ0v) is 18.9. The molecule has 11 heteroatoms. The van der Waals surface area contributed by atoms with Crippen molar-refractivity contribution in [1.29, 1.82) is 0 Å². The summed E-state index contributed by atoms with van der Waals surface area (Å²) in [6.07, 6.45) is 1.33. The predicted octanol–water partition coefficient (Wildman–Crippen LogP) is 2.83. The lowest BCUT2D eigenvalue weighted by molar-refractivity contribution is -0.991. The maximum absolute atomic E-state index is 13.3. The van der Waals surface area contributed by atoms with Crippen molar-refractivity contribution in [2.75, 3.05) is 31.1 Å². The van der Waals surface area contributed by atoms with Crippen molar-refractivity contribution in [2.24, 2.45) is 0 Å². The number of aromatic nitrogens is 2. The third-order valence-corrected chi connectivity index (χ3v) is 6.05. The summed E-state index contributed by atoms with van der Waals surface area (Å²) in [5.41, 5.74) is 1.60. The molecular formula is C20H19BrClN5O4. The third-order valence-electron chi connectivity index (χ3n) is 5.14. The fraction of sp³-hybridized carbons (Fsp3) is 0.250. The molecule has 0 radical (unpaired) electrons. The summed E-state index contributed by atoms with van der Waals surface area (Å²) in [5.74, 6) is 0.924. The third kappa shape index (κ3) is 4.30. The minimum absolute atomic E-state index is 0.111. The van der Waals surface area contributed by atoms with Crippen LogP contribution in [0.1, 0.15) is 16.1 Å². The highest BCUT2D eigenvalue weighted by Crippen LogP contribution is 2.32. The molecule has 0 saturated carbocycles. The Bertz CT molecular complexity index is 1110. The molecule has 3 heterocycles. The van der Waals surface area contributed by atoms with Gasteiger partial charge in [-0.1, -0.05) is 35.0 Å². The van der Waals surface area contributed by atoms with Crippen LogP contribution in [0.5, 0.6) is 0 Å². The summed E-state index contributed by atoms with van der Waals surface area (Å²) in [4.78, 5) is 21.3. The van der Waals surface area contributed by atoms with Gasteiger partial charge in [0.05, 0.1) is 15.7 Å². The number of hydrogen-bond donors (Lipinski definition) is 2. The van der Waals surface area contributed by atoms with E-state index in [2.05, 4.69) is 26.1 Å². The second kappa shape index (κ2) is 8.93. The Hall–Kier alpha value is -2.50. The van der Waals surface area contributed by atoms with Gasteiger partial charge in [0.25, 0.3) is 5.91 Å². The molecule has 1 unspecified atom stereocenters. The van der Waals surface area contributed by atoms with Crippen molar-refractivity contribution < 1.29 is 19.8 Å². The Morgan fingerprint density at radius 1 is 1.29 bits per heavy atom. The number of pyridine rings is 1. The molecule has 1 aromatic carbocycles. The molecule has 1 saturated heterocycles. The van der Waals surface area contributed by atoms with Gasteiger partial charge in [0, 0.05) is 37.8 Å². The van der Waals surface area contributed by atoms with Gasteiger partial charge < -0.3 is 19.5 Å². The van der Waals surface area contributed by atoms with E-state index in [-0.39, 0.29) is 11.6 Å². The summed E-state index contributed by atoms with van der Waals surface area (Å²) in [6, 6.07) is 8.72. The molecule has 1 aliphatic heterocycles. The first-order valence-electron chi connectivity index (χ1n) is 9.51. The van der Waals surface area contributed by atoms with E-state index in [9.17, 15) is 10.0 Å². The van der Waals surface area contributed by atoms with Crippen LogP contribution >= 0.6 is 27.5 Å². The number of hydrogen-bond acceptors (Lipinski definition) is 7. The van der Waals surface area contributed by atoms with Crippen LogP contribution in [0.2, 0.25) is 5.02 Å². The molecule has 0 spiro atoms. The molecule has 1 atom stereocenters. The SMILES string of the molecule is Cc1onc(-c2ccccc2Cl)c1C(=O)N1CCN(c2ncc([NH+]([O-])O)cc2Br)CC1. The Morgan fingerprint density at radius 2 is 2.00 bits per heavy atom. The van der Waals surface area contributed by atoms with Gasteiger partial charge in [-0.05, 0) is 28.9 Å². The molecule has 31 heavy (non-hydrogen) atoms. The van der Waals surface area contributed by atoms with Gasteiger partial charge in [-0.25, -0.2) is 10.2 Å². The molecule has 3 aromatic rings. The van der Waals surface area contributed by atoms with E-state index >= 15 is 0 Å². The molecule has 4 rings (SSSR count). The normalized spacial score (nSPS) is 15.3. The van der Waals surface area contributed by atoms with Gasteiger partial charge in [-0.15, -0.1) is 0 Å². The summed E-state index contributed by atoms with van der Waals surface area (Å²) >= 11 is 9.70. The fourth-order valence-electron chi connectivity index (χ4n) is 3.52. The number of aryl methyl sites for hydroxylation is 1. The maximum atomic E-state index is 13.3. The summed E-state index contributed by atoms with van der Waals surface area (Å²) in [6.45, 7) is 3.76. The standard InChI is InChI=1S/C20H19BrClN5O4/c1-12-17(18(24-31-12)14-4-2-3-5-16(14)22)20(28)26-8-6-25(7-9-26)19-15(21)10-13(11-23-19)27(29)30/h2-5,10-11,27,29H,6-9H2,1H3. The molecule has 162 valence electrons. The number of anilines is 1. The van der Waals surface area contributed by atoms with Gasteiger partial charge in [0.2, 0.25) is 0 Å². The van der Waals surface area contributed by atoms with Crippen molar-refractivity contribution in [1.82, 2.24) is 15.0 Å². The van der Waals surface area contributed by atoms with E-state index in [0.29, 0.717) is 64.1 Å². The number of benzene rings is 1. The van der Waals surface area contributed by atoms with Crippen molar-refractivity contribution in [3.05, 3.63) is 62.6 Å². The second-order valence-electron chi connectivity index (χ2n) is 7.06. The van der Waals surface area contributed by atoms with E-state index in [1.165, 1.54) is 12.3 Å². The lowest BCUT2D eigenvalue weighted by Crippen LogP contribution is -2.99. The predicted molar refractivity (Wildman–Crippen MR) is 118 cm³/mol. The molecule has 9 nitrogen and oxygen atoms in total. The highest BCUT2D eigenvalue weighted by Gasteiger charge is 2.30. The van der Waals surface area contributed by atoms with E-state index in [4.69, 9.17) is 21.3 Å². The van der Waals surface area contributed by atoms with Crippen LogP contribution < -0.4 is 10.1 Å². The number of halogens is 2. The lowest BCUT2D eigenvalue weighted by Gasteiger charge is -2.35. The number of nitrogens with one attached hydrogen (secondary N) is 1. The fourth-order valence-corrected chi connectivity index (χ4v) is 4.35. The first-order chi connectivity index (χ1) is 14.9. The molecule has 2 N–H and O–H groups in total. The van der Waals surface area contributed by atoms with E-state index in [0.717, 1.165) is 0 Å². The van der Waals surface area contributed by atoms with Crippen LogP contribution in [0, 0.1) is 12.1 Å². The number of nitrogens with zero attached hydrogens (tertiary/aromatic N) is 4. The molecule has 0 aliphatic carbocycles. The van der Waals surface area contributed by atoms with Crippen LogP contribution in [-0.2, 0) is 0 Å². The van der Waals surface area contributed by atoms with Crippen LogP contribution in [0.4, 0.5) is 11.5 Å². The van der Waals surface area contributed by atoms with Crippen molar-refractivity contribution in [3.63, 3.8) is 0 Å². The molecule has 1 amide bonds. The maximum Gasteiger partial charge on any atom is 0.259 e. The van der Waals surface area contributed by atoms with Crippen LogP contribution in [-0.4, -0.2) is 52.3 Å². The monoisotopic (exact) mass is 507 g/mol. The van der Waals surface area contributed by atoms with Gasteiger partial charge >= 0.3 is 0 Å². The van der Waals surface area contributed by atoms with Gasteiger partial charge in [-0.3, -0.25) is 4.79 Å². The summed E-state index contributed by atoms with van der Waals surface area (Å²) in [5, 5.41) is 23.8. The zero-order valence-electron chi connectivity index (χ0n) is 16.5. The summed E-state index contributed by atoms with van der Waals surface area (Å²) in [7, 11) is 0. The number of amides is 1. The average Bonchev–Trinajstić information content (AvgIpc) is 3.14. The van der Waals surface area contributed by atoms with Crippen LogP contribution in [0.3, 0.4) is 0 Å². The molecule has 0 bridgehead atoms. The zero-order chi connectivity index (χ0) is 22.1. The summed E-state index contributed by atoms with van der Waals surface area (Å²) < 4.78 is 5.92.